The van der Waals surface area contributed by atoms with Gasteiger partial charge in [0.25, 0.3) is 0 Å². The summed E-state index contributed by atoms with van der Waals surface area (Å²) in [6.07, 6.45) is 2.55. The first-order valence-electron chi connectivity index (χ1n) is 10.4. The number of pyridine rings is 1. The summed E-state index contributed by atoms with van der Waals surface area (Å²) < 4.78 is 82.9. The first kappa shape index (κ1) is 26.9. The first-order chi connectivity index (χ1) is 15.3. The topological polar surface area (TPSA) is 39.2 Å². The second kappa shape index (κ2) is 9.11. The third-order valence-electron chi connectivity index (χ3n) is 4.93. The van der Waals surface area contributed by atoms with Gasteiger partial charge in [-0.25, -0.2) is 4.98 Å². The maximum Gasteiger partial charge on any atom is 0.310 e. The van der Waals surface area contributed by atoms with Crippen LogP contribution in [0.4, 0.5) is 19.4 Å². The molecule has 10 heteroatoms. The molecule has 0 atom stereocenters. The SMILES string of the molecule is CC.CCP(=O)(CC)c1ccc(-c2cccnc2Oc2ccc(S(F)(F)(F)(F)F)cc2)cc1. The van der Waals surface area contributed by atoms with Crippen molar-refractivity contribution in [3.8, 4) is 22.8 Å². The third-order valence-corrected chi connectivity index (χ3v) is 9.37. The van der Waals surface area contributed by atoms with Gasteiger partial charge in [-0.3, -0.25) is 0 Å². The van der Waals surface area contributed by atoms with Crippen molar-refractivity contribution >= 4 is 22.7 Å². The van der Waals surface area contributed by atoms with Gasteiger partial charge in [0, 0.05) is 29.4 Å². The van der Waals surface area contributed by atoms with Gasteiger partial charge in [0.15, 0.2) is 0 Å². The smallest absolute Gasteiger partial charge is 0.310 e. The molecular weight excluding hydrogens is 480 g/mol. The van der Waals surface area contributed by atoms with E-state index in [1.165, 1.54) is 6.20 Å². The van der Waals surface area contributed by atoms with Crippen molar-refractivity contribution in [2.45, 2.75) is 32.6 Å². The molecule has 0 saturated carbocycles. The van der Waals surface area contributed by atoms with Crippen LogP contribution in [-0.4, -0.2) is 17.3 Å². The maximum atomic E-state index is 12.9. The maximum absolute atomic E-state index is 12.9. The second-order valence-electron chi connectivity index (χ2n) is 6.97. The summed E-state index contributed by atoms with van der Waals surface area (Å²) in [4.78, 5) is 2.13. The highest BCUT2D eigenvalue weighted by molar-refractivity contribution is 8.45. The molecule has 0 aliphatic carbocycles. The van der Waals surface area contributed by atoms with Gasteiger partial charge < -0.3 is 9.30 Å². The van der Waals surface area contributed by atoms with Crippen LogP contribution in [0.1, 0.15) is 27.7 Å². The fourth-order valence-corrected chi connectivity index (χ4v) is 5.59. The van der Waals surface area contributed by atoms with Crippen molar-refractivity contribution in [2.24, 2.45) is 0 Å². The predicted octanol–water partition coefficient (Wildman–Crippen LogP) is 9.25. The van der Waals surface area contributed by atoms with Crippen LogP contribution in [0.2, 0.25) is 0 Å². The van der Waals surface area contributed by atoms with Crippen molar-refractivity contribution in [1.82, 2.24) is 4.98 Å². The molecule has 3 rings (SSSR count). The highest BCUT2D eigenvalue weighted by atomic mass is 32.5. The van der Waals surface area contributed by atoms with Gasteiger partial charge in [0.2, 0.25) is 5.88 Å². The molecule has 0 amide bonds. The lowest BCUT2D eigenvalue weighted by Crippen LogP contribution is -2.08. The minimum absolute atomic E-state index is 0.0661. The number of halogens is 5. The van der Waals surface area contributed by atoms with Crippen LogP contribution < -0.4 is 10.0 Å². The van der Waals surface area contributed by atoms with E-state index in [4.69, 9.17) is 4.74 Å². The normalized spacial score (nSPS) is 13.8. The molecule has 3 aromatic rings. The van der Waals surface area contributed by atoms with Crippen LogP contribution in [0.5, 0.6) is 11.6 Å². The average molecular weight is 508 g/mol. The minimum Gasteiger partial charge on any atom is -0.438 e. The Morgan fingerprint density at radius 1 is 0.848 bits per heavy atom. The molecule has 3 nitrogen and oxygen atoms in total. The van der Waals surface area contributed by atoms with Gasteiger partial charge in [-0.15, -0.1) is 0 Å². The highest BCUT2D eigenvalue weighted by Crippen LogP contribution is 3.02. The quantitative estimate of drug-likeness (QED) is 0.236. The van der Waals surface area contributed by atoms with Crippen molar-refractivity contribution in [2.75, 3.05) is 12.3 Å². The molecule has 0 radical (unpaired) electrons. The van der Waals surface area contributed by atoms with Gasteiger partial charge in [-0.1, -0.05) is 71.4 Å². The van der Waals surface area contributed by atoms with E-state index in [-0.39, 0.29) is 11.6 Å². The standard InChI is InChI=1S/C21H21F5NO2PS.C2H6/c1-3-30(28,4-2)18-11-7-16(8-12-18)20-6-5-15-27-21(20)29-17-9-13-19(14-10-17)31(22,23,24,25)26;1-2/h5-15H,3-4H2,1-2H3;1-2H3. The second-order valence-corrected chi connectivity index (χ2v) is 12.9. The van der Waals surface area contributed by atoms with E-state index >= 15 is 0 Å². The molecule has 182 valence electrons. The Morgan fingerprint density at radius 3 is 1.88 bits per heavy atom. The monoisotopic (exact) mass is 507 g/mol. The molecule has 1 heterocycles. The lowest BCUT2D eigenvalue weighted by molar-refractivity contribution is 0.363. The number of aromatic nitrogens is 1. The summed E-state index contributed by atoms with van der Waals surface area (Å²) in [7, 11) is -12.2. The van der Waals surface area contributed by atoms with Crippen molar-refractivity contribution in [3.05, 3.63) is 66.9 Å². The average Bonchev–Trinajstić information content (AvgIpc) is 2.79. The Morgan fingerprint density at radius 2 is 1.39 bits per heavy atom. The van der Waals surface area contributed by atoms with E-state index < -0.39 is 22.3 Å². The molecule has 0 unspecified atom stereocenters. The molecule has 0 spiro atoms. The summed E-state index contributed by atoms with van der Waals surface area (Å²) in [6.45, 7) is 7.76. The molecule has 1 aromatic heterocycles. The Bertz CT molecular complexity index is 1130. The van der Waals surface area contributed by atoms with E-state index in [0.717, 1.165) is 17.4 Å². The summed E-state index contributed by atoms with van der Waals surface area (Å²) in [5, 5.41) is 0.763. The fraction of sp³-hybridized carbons (Fsp3) is 0.261. The third kappa shape index (κ3) is 6.58. The Balaban J connectivity index is 0.00000187. The highest BCUT2D eigenvalue weighted by Gasteiger charge is 2.65. The Hall–Kier alpha value is -2.38. The fourth-order valence-electron chi connectivity index (χ4n) is 3.07. The van der Waals surface area contributed by atoms with E-state index in [1.54, 1.807) is 36.4 Å². The van der Waals surface area contributed by atoms with Crippen LogP contribution in [0.15, 0.2) is 71.8 Å². The minimum atomic E-state index is -9.74. The van der Waals surface area contributed by atoms with Gasteiger partial charge >= 0.3 is 10.2 Å². The number of hydrogen-bond acceptors (Lipinski definition) is 3. The zero-order chi connectivity index (χ0) is 25.0. The van der Waals surface area contributed by atoms with Crippen molar-refractivity contribution in [1.29, 1.82) is 0 Å². The van der Waals surface area contributed by atoms with E-state index in [0.29, 0.717) is 35.6 Å². The molecule has 0 N–H and O–H groups in total. The molecule has 0 aliphatic heterocycles. The van der Waals surface area contributed by atoms with E-state index in [2.05, 4.69) is 4.98 Å². The van der Waals surface area contributed by atoms with Crippen molar-refractivity contribution in [3.63, 3.8) is 0 Å². The molecule has 0 saturated heterocycles. The molecule has 0 fully saturated rings. The van der Waals surface area contributed by atoms with Crippen LogP contribution >= 0.6 is 17.4 Å². The van der Waals surface area contributed by atoms with Crippen LogP contribution in [0.3, 0.4) is 0 Å². The van der Waals surface area contributed by atoms with Crippen molar-refractivity contribution < 1.29 is 28.7 Å². The van der Waals surface area contributed by atoms with Crippen LogP contribution in [0, 0.1) is 0 Å². The summed E-state index contributed by atoms with van der Waals surface area (Å²) >= 11 is 0. The molecule has 2 aromatic carbocycles. The lowest BCUT2D eigenvalue weighted by Gasteiger charge is -2.40. The molecule has 0 bridgehead atoms. The van der Waals surface area contributed by atoms with Crippen LogP contribution in [-0.2, 0) is 4.57 Å². The lowest BCUT2D eigenvalue weighted by atomic mass is 10.1. The van der Waals surface area contributed by atoms with E-state index in [9.17, 15) is 24.0 Å². The predicted molar refractivity (Wildman–Crippen MR) is 127 cm³/mol. The summed E-state index contributed by atoms with van der Waals surface area (Å²) in [5.41, 5.74) is 1.25. The molecular formula is C23H27F5NO2PS. The number of nitrogens with zero attached hydrogens (tertiary/aromatic N) is 1. The number of ether oxygens (including phenoxy) is 1. The van der Waals surface area contributed by atoms with Gasteiger partial charge in [0.05, 0.1) is 0 Å². The summed E-state index contributed by atoms with van der Waals surface area (Å²) in [5.74, 6) is 0.0353. The van der Waals surface area contributed by atoms with Gasteiger partial charge in [-0.05, 0) is 42.0 Å². The number of benzene rings is 2. The zero-order valence-electron chi connectivity index (χ0n) is 18.8. The summed E-state index contributed by atoms with van der Waals surface area (Å²) in [6, 6.07) is 12.7. The Kier molecular flexibility index (Phi) is 7.41. The van der Waals surface area contributed by atoms with Crippen LogP contribution in [0.25, 0.3) is 11.1 Å². The number of hydrogen-bond donors (Lipinski definition) is 0. The first-order valence-corrected chi connectivity index (χ1v) is 14.4. The number of rotatable bonds is 7. The molecule has 33 heavy (non-hydrogen) atoms. The molecule has 0 aliphatic rings. The van der Waals surface area contributed by atoms with Gasteiger partial charge in [-0.2, -0.15) is 0 Å². The largest absolute Gasteiger partial charge is 0.438 e. The Labute approximate surface area is 191 Å². The van der Waals surface area contributed by atoms with E-state index in [1.807, 2.05) is 27.7 Å². The van der Waals surface area contributed by atoms with Gasteiger partial charge in [0.1, 0.15) is 17.8 Å². The zero-order valence-corrected chi connectivity index (χ0v) is 20.5.